The number of para-hydroxylation sites is 1. The lowest BCUT2D eigenvalue weighted by atomic mass is 9.83. The lowest BCUT2D eigenvalue weighted by molar-refractivity contribution is -0.168. The van der Waals surface area contributed by atoms with Gasteiger partial charge in [0, 0.05) is 31.0 Å². The van der Waals surface area contributed by atoms with Crippen LogP contribution in [0.5, 0.6) is 0 Å². The van der Waals surface area contributed by atoms with E-state index in [9.17, 15) is 40.7 Å². The minimum absolute atomic E-state index is 0.324. The summed E-state index contributed by atoms with van der Waals surface area (Å²) in [4.78, 5) is 46.2. The molecule has 0 saturated carbocycles. The number of likely N-dealkylation sites (N-methyl/N-ethyl adjacent to an activating group) is 1. The molecule has 2 amide bonds. The van der Waals surface area contributed by atoms with E-state index in [0.717, 1.165) is 0 Å². The lowest BCUT2D eigenvalue weighted by Gasteiger charge is -2.30. The average Bonchev–Trinajstić information content (AvgIpc) is 3.01. The number of benzene rings is 2. The molecule has 0 unspecified atom stereocenters. The third kappa shape index (κ3) is 9.81. The Kier molecular flexibility index (Phi) is 10.9. The summed E-state index contributed by atoms with van der Waals surface area (Å²) in [6.45, 7) is 4.46. The molecule has 2 aromatic carbocycles. The molecule has 7 nitrogen and oxygen atoms in total. The van der Waals surface area contributed by atoms with Crippen molar-refractivity contribution in [3.05, 3.63) is 65.7 Å². The number of alkyl halides is 6. The number of nitrogens with one attached hydrogen (secondary N) is 1. The molecule has 1 aliphatic heterocycles. The van der Waals surface area contributed by atoms with E-state index in [4.69, 9.17) is 4.74 Å². The number of anilines is 1. The third-order valence-corrected chi connectivity index (χ3v) is 6.92. The van der Waals surface area contributed by atoms with Gasteiger partial charge in [-0.2, -0.15) is 26.3 Å². The maximum Gasteiger partial charge on any atom is 0.389 e. The second-order valence-corrected chi connectivity index (χ2v) is 11.6. The molecule has 240 valence electrons. The van der Waals surface area contributed by atoms with Gasteiger partial charge in [0.2, 0.25) is 12.1 Å². The van der Waals surface area contributed by atoms with Crippen LogP contribution in [0.25, 0.3) is 0 Å². The van der Waals surface area contributed by atoms with Crippen molar-refractivity contribution in [1.82, 2.24) is 5.32 Å². The molecule has 2 aromatic rings. The number of ether oxygens (including phenoxy) is 1. The summed E-state index contributed by atoms with van der Waals surface area (Å²) in [5.74, 6) is -6.36. The summed E-state index contributed by atoms with van der Waals surface area (Å²) in [5, 5.41) is 2.40. The second kappa shape index (κ2) is 13.8. The van der Waals surface area contributed by atoms with Crippen molar-refractivity contribution in [1.29, 1.82) is 0 Å². The first-order valence-corrected chi connectivity index (χ1v) is 14.0. The molecular weight excluding hydrogens is 592 g/mol. The fourth-order valence-corrected chi connectivity index (χ4v) is 4.90. The molecule has 44 heavy (non-hydrogen) atoms. The normalized spacial score (nSPS) is 17.2. The summed E-state index contributed by atoms with van der Waals surface area (Å²) < 4.78 is 84.3. The molecular formula is C31H35F6N3O4. The Morgan fingerprint density at radius 3 is 2.07 bits per heavy atom. The van der Waals surface area contributed by atoms with Gasteiger partial charge in [-0.25, -0.2) is 4.99 Å². The molecule has 3 atom stereocenters. The van der Waals surface area contributed by atoms with Crippen molar-refractivity contribution in [2.75, 3.05) is 11.9 Å². The van der Waals surface area contributed by atoms with Crippen LogP contribution in [0.15, 0.2) is 59.6 Å². The van der Waals surface area contributed by atoms with E-state index in [1.165, 1.54) is 32.7 Å². The predicted octanol–water partition coefficient (Wildman–Crippen LogP) is 6.59. The standard InChI is InChI=1S/C31H35F6N3O4/c1-29(2,3)44-28(43)21(14-10-17-30(32,33)34)20(16-18-31(35,36)37)26(41)39-25-27(42)40(4)23-15-9-8-13-22(23)24(38-25)19-11-6-5-7-12-19/h5-9,11-13,15,20-21,25H,10,14,16-18H2,1-4H3,(H,39,41)/t20-,21-,25-/m1/s1. The number of nitrogens with zero attached hydrogens (tertiary/aromatic N) is 2. The number of fused-ring (bicyclic) bond motifs is 1. The molecule has 1 N–H and O–H groups in total. The van der Waals surface area contributed by atoms with Crippen LogP contribution in [-0.4, -0.2) is 54.7 Å². The summed E-state index contributed by atoms with van der Waals surface area (Å²) in [7, 11) is 1.45. The summed E-state index contributed by atoms with van der Waals surface area (Å²) in [6.07, 6.45) is -15.8. The number of aliphatic imine (C=N–C) groups is 1. The Labute approximate surface area is 251 Å². The van der Waals surface area contributed by atoms with Crippen molar-refractivity contribution < 1.29 is 45.5 Å². The van der Waals surface area contributed by atoms with E-state index in [2.05, 4.69) is 10.3 Å². The van der Waals surface area contributed by atoms with E-state index in [-0.39, 0.29) is 0 Å². The number of rotatable bonds is 10. The number of amides is 2. The Morgan fingerprint density at radius 1 is 0.886 bits per heavy atom. The molecule has 0 saturated heterocycles. The Hall–Kier alpha value is -3.90. The molecule has 13 heteroatoms. The molecule has 3 rings (SSSR count). The Balaban J connectivity index is 2.04. The molecule has 0 fully saturated rings. The van der Waals surface area contributed by atoms with E-state index in [1.807, 2.05) is 0 Å². The van der Waals surface area contributed by atoms with Crippen LogP contribution in [0.3, 0.4) is 0 Å². The van der Waals surface area contributed by atoms with Gasteiger partial charge in [-0.1, -0.05) is 48.5 Å². The number of carbonyl (C=O) groups is 3. The van der Waals surface area contributed by atoms with E-state index < -0.39 is 85.8 Å². The predicted molar refractivity (Wildman–Crippen MR) is 152 cm³/mol. The third-order valence-electron chi connectivity index (χ3n) is 6.92. The number of hydrogen-bond donors (Lipinski definition) is 1. The first kappa shape index (κ1) is 34.6. The lowest BCUT2D eigenvalue weighted by Crippen LogP contribution is -2.50. The van der Waals surface area contributed by atoms with E-state index >= 15 is 0 Å². The van der Waals surface area contributed by atoms with E-state index in [1.54, 1.807) is 54.6 Å². The monoisotopic (exact) mass is 627 g/mol. The van der Waals surface area contributed by atoms with Crippen molar-refractivity contribution in [3.8, 4) is 0 Å². The quantitative estimate of drug-likeness (QED) is 0.238. The minimum Gasteiger partial charge on any atom is -0.460 e. The smallest absolute Gasteiger partial charge is 0.389 e. The fraction of sp³-hybridized carbons (Fsp3) is 0.484. The first-order valence-electron chi connectivity index (χ1n) is 14.0. The fourth-order valence-electron chi connectivity index (χ4n) is 4.90. The first-order chi connectivity index (χ1) is 20.4. The number of halogens is 6. The zero-order valence-corrected chi connectivity index (χ0v) is 24.8. The zero-order valence-electron chi connectivity index (χ0n) is 24.8. The van der Waals surface area contributed by atoms with Crippen LogP contribution in [0.2, 0.25) is 0 Å². The minimum atomic E-state index is -4.73. The van der Waals surface area contributed by atoms with Gasteiger partial charge in [0.15, 0.2) is 0 Å². The largest absolute Gasteiger partial charge is 0.460 e. The molecule has 0 bridgehead atoms. The molecule has 0 aromatic heterocycles. The number of carbonyl (C=O) groups excluding carboxylic acids is 3. The van der Waals surface area contributed by atoms with Crippen LogP contribution in [0.4, 0.5) is 32.0 Å². The van der Waals surface area contributed by atoms with Gasteiger partial charge in [-0.3, -0.25) is 14.4 Å². The van der Waals surface area contributed by atoms with Crippen LogP contribution in [0, 0.1) is 11.8 Å². The SMILES string of the molecule is CN1C(=O)[C@@H](NC(=O)[C@H](CCC(F)(F)F)[C@@H](CCCC(F)(F)F)C(=O)OC(C)(C)C)N=C(c2ccccc2)c2ccccc21. The van der Waals surface area contributed by atoms with Gasteiger partial charge in [0.05, 0.1) is 23.2 Å². The van der Waals surface area contributed by atoms with Gasteiger partial charge in [0.25, 0.3) is 5.91 Å². The Morgan fingerprint density at radius 2 is 1.48 bits per heavy atom. The highest BCUT2D eigenvalue weighted by Crippen LogP contribution is 2.34. The van der Waals surface area contributed by atoms with Crippen LogP contribution < -0.4 is 10.2 Å². The van der Waals surface area contributed by atoms with Crippen molar-refractivity contribution in [3.63, 3.8) is 0 Å². The van der Waals surface area contributed by atoms with Crippen molar-refractivity contribution in [2.45, 2.75) is 77.0 Å². The highest BCUT2D eigenvalue weighted by Gasteiger charge is 2.42. The van der Waals surface area contributed by atoms with Gasteiger partial charge in [-0.15, -0.1) is 0 Å². The number of hydrogen-bond acceptors (Lipinski definition) is 5. The van der Waals surface area contributed by atoms with Crippen LogP contribution in [-0.2, 0) is 19.1 Å². The van der Waals surface area contributed by atoms with E-state index in [0.29, 0.717) is 22.5 Å². The highest BCUT2D eigenvalue weighted by molar-refractivity contribution is 6.20. The van der Waals surface area contributed by atoms with Crippen molar-refractivity contribution in [2.24, 2.45) is 16.8 Å². The summed E-state index contributed by atoms with van der Waals surface area (Å²) in [6, 6.07) is 15.5. The van der Waals surface area contributed by atoms with Crippen molar-refractivity contribution >= 4 is 29.2 Å². The Bertz CT molecular complexity index is 1350. The highest BCUT2D eigenvalue weighted by atomic mass is 19.4. The topological polar surface area (TPSA) is 88.1 Å². The summed E-state index contributed by atoms with van der Waals surface area (Å²) in [5.41, 5.74) is 0.799. The molecule has 0 radical (unpaired) electrons. The second-order valence-electron chi connectivity index (χ2n) is 11.6. The molecule has 0 spiro atoms. The average molecular weight is 628 g/mol. The van der Waals surface area contributed by atoms with Gasteiger partial charge >= 0.3 is 18.3 Å². The maximum atomic E-state index is 13.7. The van der Waals surface area contributed by atoms with Gasteiger partial charge in [0.1, 0.15) is 5.60 Å². The summed E-state index contributed by atoms with van der Waals surface area (Å²) >= 11 is 0. The van der Waals surface area contributed by atoms with Gasteiger partial charge in [-0.05, 0) is 46.1 Å². The zero-order chi connectivity index (χ0) is 32.9. The van der Waals surface area contributed by atoms with Crippen LogP contribution >= 0.6 is 0 Å². The molecule has 0 aliphatic carbocycles. The molecule has 1 aliphatic rings. The van der Waals surface area contributed by atoms with Crippen LogP contribution in [0.1, 0.15) is 64.0 Å². The number of benzodiazepines with no additional fused rings is 1. The van der Waals surface area contributed by atoms with Gasteiger partial charge < -0.3 is 15.0 Å². The molecule has 1 heterocycles. The maximum absolute atomic E-state index is 13.7. The number of esters is 1.